The first-order valence-electron chi connectivity index (χ1n) is 13.7. The molecule has 5 rings (SSSR count). The molecule has 3 aromatic carbocycles. The Bertz CT molecular complexity index is 1520. The zero-order chi connectivity index (χ0) is 30.4. The summed E-state index contributed by atoms with van der Waals surface area (Å²) >= 11 is 0. The van der Waals surface area contributed by atoms with Gasteiger partial charge in [-0.05, 0) is 67.5 Å². The second-order valence-corrected chi connectivity index (χ2v) is 15.5. The van der Waals surface area contributed by atoms with Gasteiger partial charge in [0.25, 0.3) is 17.5 Å². The molecule has 2 heterocycles. The number of hydrogen-bond acceptors (Lipinski definition) is 8. The fourth-order valence-corrected chi connectivity index (χ4v) is 9.05. The normalized spacial score (nSPS) is 23.3. The van der Waals surface area contributed by atoms with Crippen LogP contribution in [0.25, 0.3) is 0 Å². The first-order chi connectivity index (χ1) is 19.9. The summed E-state index contributed by atoms with van der Waals surface area (Å²) in [4.78, 5) is 50.9. The predicted octanol–water partition coefficient (Wildman–Crippen LogP) is 4.16. The minimum Gasteiger partial charge on any atom is -0.432 e. The van der Waals surface area contributed by atoms with Gasteiger partial charge < -0.3 is 30.6 Å². The molecule has 0 bridgehead atoms. The van der Waals surface area contributed by atoms with E-state index >= 15 is 0 Å². The van der Waals surface area contributed by atoms with Crippen LogP contribution in [-0.4, -0.2) is 47.7 Å². The smallest absolute Gasteiger partial charge is 0.269 e. The van der Waals surface area contributed by atoms with E-state index in [0.717, 1.165) is 5.56 Å². The van der Waals surface area contributed by atoms with E-state index in [1.807, 2.05) is 6.92 Å². The second kappa shape index (κ2) is 10.9. The number of nitrogen functional groups attached to an aromatic ring is 1. The number of amides is 2. The van der Waals surface area contributed by atoms with Crippen molar-refractivity contribution in [3.8, 4) is 0 Å². The van der Waals surface area contributed by atoms with Crippen molar-refractivity contribution in [2.75, 3.05) is 22.6 Å². The lowest BCUT2D eigenvalue weighted by atomic mass is 9.82. The SMILES string of the molecule is C[C@@H]1[C@@H]([Si](C)(C)O)[C@H](CCO)O[C@@]12C(=O)N(Cc1ccc(NC(=O)c3ccc(N)cc3)cc1)c1ccc([N+](=O)[O-])cc12. The third-order valence-electron chi connectivity index (χ3n) is 8.32. The van der Waals surface area contributed by atoms with Gasteiger partial charge >= 0.3 is 0 Å². The van der Waals surface area contributed by atoms with E-state index < -0.39 is 30.9 Å². The van der Waals surface area contributed by atoms with Crippen LogP contribution in [0.15, 0.2) is 66.7 Å². The maximum absolute atomic E-state index is 14.3. The number of carbonyl (C=O) groups excluding carboxylic acids is 2. The van der Waals surface area contributed by atoms with Gasteiger partial charge in [-0.2, -0.15) is 0 Å². The van der Waals surface area contributed by atoms with Gasteiger partial charge in [0.05, 0.1) is 23.3 Å². The zero-order valence-electron chi connectivity index (χ0n) is 23.6. The number of carbonyl (C=O) groups is 2. The first-order valence-corrected chi connectivity index (χ1v) is 16.8. The van der Waals surface area contributed by atoms with Crippen molar-refractivity contribution in [1.29, 1.82) is 0 Å². The topological polar surface area (TPSA) is 168 Å². The van der Waals surface area contributed by atoms with Gasteiger partial charge in [-0.3, -0.25) is 19.7 Å². The number of rotatable bonds is 8. The summed E-state index contributed by atoms with van der Waals surface area (Å²) in [6.45, 7) is 5.37. The van der Waals surface area contributed by atoms with Crippen LogP contribution in [-0.2, 0) is 21.7 Å². The maximum atomic E-state index is 14.3. The Morgan fingerprint density at radius 3 is 2.40 bits per heavy atom. The van der Waals surface area contributed by atoms with Crippen molar-refractivity contribution in [3.63, 3.8) is 0 Å². The van der Waals surface area contributed by atoms with E-state index in [2.05, 4.69) is 5.32 Å². The Morgan fingerprint density at radius 2 is 1.81 bits per heavy atom. The quantitative estimate of drug-likeness (QED) is 0.131. The van der Waals surface area contributed by atoms with Crippen molar-refractivity contribution in [2.24, 2.45) is 5.92 Å². The van der Waals surface area contributed by atoms with Gasteiger partial charge in [0.1, 0.15) is 0 Å². The number of fused-ring (bicyclic) bond motifs is 2. The third kappa shape index (κ3) is 5.07. The number of nitrogens with zero attached hydrogens (tertiary/aromatic N) is 2. The van der Waals surface area contributed by atoms with E-state index in [1.165, 1.54) is 12.1 Å². The summed E-state index contributed by atoms with van der Waals surface area (Å²) in [6, 6.07) is 17.9. The van der Waals surface area contributed by atoms with Crippen LogP contribution in [0.5, 0.6) is 0 Å². The molecule has 1 spiro atoms. The maximum Gasteiger partial charge on any atom is 0.269 e. The van der Waals surface area contributed by atoms with Gasteiger partial charge in [0.15, 0.2) is 13.9 Å². The summed E-state index contributed by atoms with van der Waals surface area (Å²) in [7, 11) is -2.89. The Hall–Kier alpha value is -4.10. The molecule has 220 valence electrons. The number of non-ortho nitro benzene ring substituents is 1. The van der Waals surface area contributed by atoms with Crippen molar-refractivity contribution in [2.45, 2.75) is 50.2 Å². The number of anilines is 3. The van der Waals surface area contributed by atoms with Crippen LogP contribution in [0, 0.1) is 16.0 Å². The Kier molecular flexibility index (Phi) is 7.66. The van der Waals surface area contributed by atoms with E-state index in [4.69, 9.17) is 10.5 Å². The highest BCUT2D eigenvalue weighted by molar-refractivity contribution is 6.71. The average molecular weight is 591 g/mol. The molecule has 1 fully saturated rings. The van der Waals surface area contributed by atoms with E-state index in [1.54, 1.807) is 72.6 Å². The highest BCUT2D eigenvalue weighted by Crippen LogP contribution is 2.60. The van der Waals surface area contributed by atoms with E-state index in [9.17, 15) is 29.6 Å². The highest BCUT2D eigenvalue weighted by atomic mass is 28.4. The number of aliphatic hydroxyl groups is 1. The van der Waals surface area contributed by atoms with Crippen molar-refractivity contribution in [3.05, 3.63) is 93.5 Å². The number of nitrogens with one attached hydrogen (secondary N) is 1. The molecule has 1 saturated heterocycles. The van der Waals surface area contributed by atoms with Crippen LogP contribution in [0.1, 0.15) is 34.8 Å². The van der Waals surface area contributed by atoms with Crippen molar-refractivity contribution < 1.29 is 29.2 Å². The monoisotopic (exact) mass is 590 g/mol. The van der Waals surface area contributed by atoms with Gasteiger partial charge in [-0.25, -0.2) is 0 Å². The number of nitro groups is 1. The summed E-state index contributed by atoms with van der Waals surface area (Å²) < 4.78 is 6.50. The molecule has 0 aromatic heterocycles. The largest absolute Gasteiger partial charge is 0.432 e. The fraction of sp³-hybridized carbons (Fsp3) is 0.333. The van der Waals surface area contributed by atoms with Gasteiger partial charge in [0.2, 0.25) is 0 Å². The number of nitrogens with two attached hydrogens (primary N) is 1. The number of hydrogen-bond donors (Lipinski definition) is 4. The minimum atomic E-state index is -2.89. The van der Waals surface area contributed by atoms with Crippen LogP contribution in [0.3, 0.4) is 0 Å². The minimum absolute atomic E-state index is 0.156. The van der Waals surface area contributed by atoms with Gasteiger partial charge in [-0.1, -0.05) is 19.1 Å². The molecule has 2 aliphatic heterocycles. The van der Waals surface area contributed by atoms with E-state index in [0.29, 0.717) is 28.2 Å². The van der Waals surface area contributed by atoms with Crippen LogP contribution in [0.4, 0.5) is 22.7 Å². The molecule has 0 radical (unpaired) electrons. The molecule has 0 saturated carbocycles. The van der Waals surface area contributed by atoms with Crippen molar-refractivity contribution in [1.82, 2.24) is 0 Å². The molecule has 0 aliphatic carbocycles. The molecular weight excluding hydrogens is 556 g/mol. The number of benzene rings is 3. The Balaban J connectivity index is 1.46. The molecule has 12 heteroatoms. The number of nitro benzene ring substituents is 1. The molecule has 42 heavy (non-hydrogen) atoms. The van der Waals surface area contributed by atoms with Gasteiger partial charge in [-0.15, -0.1) is 0 Å². The lowest BCUT2D eigenvalue weighted by molar-refractivity contribution is -0.385. The third-order valence-corrected chi connectivity index (χ3v) is 10.8. The highest BCUT2D eigenvalue weighted by Gasteiger charge is 2.66. The molecule has 2 aliphatic rings. The van der Waals surface area contributed by atoms with Gasteiger partial charge in [0, 0.05) is 52.7 Å². The summed E-state index contributed by atoms with van der Waals surface area (Å²) in [6.07, 6.45) is -0.355. The van der Waals surface area contributed by atoms with E-state index in [-0.39, 0.29) is 42.6 Å². The van der Waals surface area contributed by atoms with Crippen LogP contribution < -0.4 is 16.0 Å². The Morgan fingerprint density at radius 1 is 1.14 bits per heavy atom. The lowest BCUT2D eigenvalue weighted by Crippen LogP contribution is -2.46. The number of ether oxygens (including phenoxy) is 1. The summed E-state index contributed by atoms with van der Waals surface area (Å²) in [5.74, 6) is -1.15. The molecule has 11 nitrogen and oxygen atoms in total. The number of aliphatic hydroxyl groups excluding tert-OH is 1. The molecule has 0 unspecified atom stereocenters. The lowest BCUT2D eigenvalue weighted by Gasteiger charge is -2.32. The Labute approximate surface area is 244 Å². The zero-order valence-corrected chi connectivity index (χ0v) is 24.6. The predicted molar refractivity (Wildman–Crippen MR) is 160 cm³/mol. The fourth-order valence-electron chi connectivity index (χ4n) is 6.45. The van der Waals surface area contributed by atoms with Crippen molar-refractivity contribution >= 4 is 42.9 Å². The molecular formula is C30H34N4O7Si. The van der Waals surface area contributed by atoms with Crippen LogP contribution >= 0.6 is 0 Å². The molecule has 5 N–H and O–H groups in total. The second-order valence-electron chi connectivity index (χ2n) is 11.5. The molecule has 2 amide bonds. The van der Waals surface area contributed by atoms with Crippen LogP contribution in [0.2, 0.25) is 18.6 Å². The molecule has 4 atom stereocenters. The standard InChI is InChI=1S/C30H34N4O7Si/c1-18-27(42(2,3)40)26(14-15-35)41-30(18)24-16-23(34(38)39)12-13-25(24)33(29(30)37)17-19-4-10-22(11-5-19)32-28(36)20-6-8-21(31)9-7-20/h4-13,16,18,26-27,35,40H,14-15,17,31H2,1-3H3,(H,32,36)/t18-,26+,27-,30+/m1/s1. The molecule has 3 aromatic rings. The summed E-state index contributed by atoms with van der Waals surface area (Å²) in [5, 5.41) is 24.3. The summed E-state index contributed by atoms with van der Waals surface area (Å²) in [5.41, 5.74) is 6.86. The average Bonchev–Trinajstić information content (AvgIpc) is 3.36. The first kappa shape index (κ1) is 29.4.